The minimum absolute atomic E-state index is 0.0408. The summed E-state index contributed by atoms with van der Waals surface area (Å²) in [6, 6.07) is 3.39. The number of para-hydroxylation sites is 1. The van der Waals surface area contributed by atoms with Gasteiger partial charge in [0, 0.05) is 31.6 Å². The zero-order valence-corrected chi connectivity index (χ0v) is 13.2. The largest absolute Gasteiger partial charge is 0.454 e. The molecule has 2 aliphatic heterocycles. The van der Waals surface area contributed by atoms with Crippen molar-refractivity contribution in [3.05, 3.63) is 23.8 Å². The van der Waals surface area contributed by atoms with Crippen molar-refractivity contribution in [1.29, 1.82) is 0 Å². The van der Waals surface area contributed by atoms with Crippen molar-refractivity contribution in [2.24, 2.45) is 0 Å². The molecule has 1 fully saturated rings. The van der Waals surface area contributed by atoms with Gasteiger partial charge in [0.05, 0.1) is 0 Å². The molecular formula is C16H19F3N2O3. The molecule has 0 spiro atoms. The fourth-order valence-corrected chi connectivity index (χ4v) is 3.33. The maximum absolute atomic E-state index is 13.4. The molecule has 24 heavy (non-hydrogen) atoms. The number of hydrogen-bond donors (Lipinski definition) is 1. The highest BCUT2D eigenvalue weighted by atomic mass is 19.4. The molecule has 5 nitrogen and oxygen atoms in total. The summed E-state index contributed by atoms with van der Waals surface area (Å²) in [4.78, 5) is 12.6. The Hall–Kier alpha value is -1.96. The van der Waals surface area contributed by atoms with E-state index in [0.717, 1.165) is 0 Å². The van der Waals surface area contributed by atoms with Crippen LogP contribution in [-0.2, 0) is 11.3 Å². The topological polar surface area (TPSA) is 50.8 Å². The molecule has 1 amide bonds. The standard InChI is InChI=1S/C16H19F3N2O3/c1-10(22)20-12-5-6-14(16(17,18)19)21(8-12)7-11-3-2-4-13-15(11)24-9-23-13/h2-4,12,14H,5-9H2,1H3,(H,20,22)/t12-,14+/m1/s1. The van der Waals surface area contributed by atoms with Gasteiger partial charge in [-0.05, 0) is 18.9 Å². The third-order valence-electron chi connectivity index (χ3n) is 4.32. The lowest BCUT2D eigenvalue weighted by molar-refractivity contribution is -0.194. The average molecular weight is 344 g/mol. The molecule has 0 saturated carbocycles. The average Bonchev–Trinajstić information content (AvgIpc) is 2.95. The number of halogens is 3. The molecule has 2 heterocycles. The molecule has 3 rings (SSSR count). The van der Waals surface area contributed by atoms with Crippen LogP contribution in [-0.4, -0.2) is 42.4 Å². The van der Waals surface area contributed by atoms with Crippen molar-refractivity contribution in [3.63, 3.8) is 0 Å². The van der Waals surface area contributed by atoms with Crippen LogP contribution in [0.3, 0.4) is 0 Å². The number of rotatable bonds is 3. The van der Waals surface area contributed by atoms with Crippen LogP contribution in [0.15, 0.2) is 18.2 Å². The number of likely N-dealkylation sites (tertiary alicyclic amines) is 1. The fourth-order valence-electron chi connectivity index (χ4n) is 3.33. The van der Waals surface area contributed by atoms with Gasteiger partial charge in [-0.15, -0.1) is 0 Å². The maximum Gasteiger partial charge on any atom is 0.404 e. The van der Waals surface area contributed by atoms with E-state index in [2.05, 4.69) is 5.32 Å². The second kappa shape index (κ2) is 6.51. The lowest BCUT2D eigenvalue weighted by Gasteiger charge is -2.40. The highest BCUT2D eigenvalue weighted by Gasteiger charge is 2.46. The SMILES string of the molecule is CC(=O)N[C@@H]1CC[C@@H](C(F)(F)F)N(Cc2cccc3c2OCO3)C1. The van der Waals surface area contributed by atoms with Crippen molar-refractivity contribution in [3.8, 4) is 11.5 Å². The zero-order valence-electron chi connectivity index (χ0n) is 13.2. The first-order valence-corrected chi connectivity index (χ1v) is 7.80. The fraction of sp³-hybridized carbons (Fsp3) is 0.562. The number of alkyl halides is 3. The first-order chi connectivity index (χ1) is 11.3. The van der Waals surface area contributed by atoms with Gasteiger partial charge in [-0.1, -0.05) is 12.1 Å². The molecule has 1 N–H and O–H groups in total. The number of carbonyl (C=O) groups is 1. The van der Waals surface area contributed by atoms with Crippen LogP contribution >= 0.6 is 0 Å². The van der Waals surface area contributed by atoms with E-state index in [4.69, 9.17) is 9.47 Å². The van der Waals surface area contributed by atoms with Gasteiger partial charge >= 0.3 is 6.18 Å². The van der Waals surface area contributed by atoms with Crippen LogP contribution in [0.4, 0.5) is 13.2 Å². The zero-order chi connectivity index (χ0) is 17.3. The summed E-state index contributed by atoms with van der Waals surface area (Å²) in [5, 5.41) is 2.72. The van der Waals surface area contributed by atoms with E-state index in [0.29, 0.717) is 23.5 Å². The number of benzene rings is 1. The molecule has 2 atom stereocenters. The number of hydrogen-bond acceptors (Lipinski definition) is 4. The minimum atomic E-state index is -4.31. The quantitative estimate of drug-likeness (QED) is 0.915. The second-order valence-electron chi connectivity index (χ2n) is 6.11. The Kier molecular flexibility index (Phi) is 4.58. The van der Waals surface area contributed by atoms with Crippen molar-refractivity contribution in [1.82, 2.24) is 10.2 Å². The molecule has 1 aromatic rings. The molecule has 132 valence electrons. The smallest absolute Gasteiger partial charge is 0.404 e. The first-order valence-electron chi connectivity index (χ1n) is 7.80. The number of fused-ring (bicyclic) bond motifs is 1. The summed E-state index contributed by atoms with van der Waals surface area (Å²) in [5.74, 6) is 0.814. The Morgan fingerprint density at radius 1 is 1.33 bits per heavy atom. The first kappa shape index (κ1) is 16.9. The molecule has 0 radical (unpaired) electrons. The van der Waals surface area contributed by atoms with Gasteiger partial charge in [-0.25, -0.2) is 0 Å². The van der Waals surface area contributed by atoms with Gasteiger partial charge < -0.3 is 14.8 Å². The third-order valence-corrected chi connectivity index (χ3v) is 4.32. The molecule has 8 heteroatoms. The molecule has 0 bridgehead atoms. The summed E-state index contributed by atoms with van der Waals surface area (Å²) >= 11 is 0. The van der Waals surface area contributed by atoms with E-state index >= 15 is 0 Å². The van der Waals surface area contributed by atoms with Crippen LogP contribution in [0, 0.1) is 0 Å². The van der Waals surface area contributed by atoms with E-state index in [1.165, 1.54) is 11.8 Å². The Morgan fingerprint density at radius 3 is 2.83 bits per heavy atom. The number of carbonyl (C=O) groups excluding carboxylic acids is 1. The lowest BCUT2D eigenvalue weighted by Crippen LogP contribution is -2.55. The van der Waals surface area contributed by atoms with Crippen LogP contribution in [0.1, 0.15) is 25.3 Å². The second-order valence-corrected chi connectivity index (χ2v) is 6.11. The molecule has 0 aromatic heterocycles. The number of nitrogens with one attached hydrogen (secondary N) is 1. The summed E-state index contributed by atoms with van der Waals surface area (Å²) in [6.07, 6.45) is -4.04. The van der Waals surface area contributed by atoms with Gasteiger partial charge in [-0.2, -0.15) is 13.2 Å². The summed E-state index contributed by atoms with van der Waals surface area (Å²) in [5.41, 5.74) is 0.655. The summed E-state index contributed by atoms with van der Waals surface area (Å²) in [7, 11) is 0. The minimum Gasteiger partial charge on any atom is -0.454 e. The number of piperidine rings is 1. The molecule has 0 aliphatic carbocycles. The molecule has 0 unspecified atom stereocenters. The summed E-state index contributed by atoms with van der Waals surface area (Å²) < 4.78 is 50.8. The maximum atomic E-state index is 13.4. The Bertz CT molecular complexity index is 621. The number of ether oxygens (including phenoxy) is 2. The van der Waals surface area contributed by atoms with E-state index in [9.17, 15) is 18.0 Å². The van der Waals surface area contributed by atoms with Gasteiger partial charge in [0.25, 0.3) is 0 Å². The van der Waals surface area contributed by atoms with E-state index in [1.54, 1.807) is 18.2 Å². The molecule has 1 aromatic carbocycles. The Morgan fingerprint density at radius 2 is 2.12 bits per heavy atom. The van der Waals surface area contributed by atoms with E-state index in [1.807, 2.05) is 0 Å². The van der Waals surface area contributed by atoms with E-state index < -0.39 is 12.2 Å². The van der Waals surface area contributed by atoms with Gasteiger partial charge in [0.2, 0.25) is 12.7 Å². The van der Waals surface area contributed by atoms with Crippen molar-refractivity contribution >= 4 is 5.91 Å². The normalized spacial score (nSPS) is 24.0. The number of amides is 1. The molecule has 1 saturated heterocycles. The monoisotopic (exact) mass is 344 g/mol. The predicted molar refractivity (Wildman–Crippen MR) is 79.7 cm³/mol. The third kappa shape index (κ3) is 3.58. The van der Waals surface area contributed by atoms with Crippen LogP contribution < -0.4 is 14.8 Å². The van der Waals surface area contributed by atoms with Gasteiger partial charge in [-0.3, -0.25) is 9.69 Å². The summed E-state index contributed by atoms with van der Waals surface area (Å²) in [6.45, 7) is 1.68. The molecule has 2 aliphatic rings. The van der Waals surface area contributed by atoms with Gasteiger partial charge in [0.15, 0.2) is 11.5 Å². The Labute approximate surface area is 137 Å². The van der Waals surface area contributed by atoms with E-state index in [-0.39, 0.29) is 38.3 Å². The molecular weight excluding hydrogens is 325 g/mol. The van der Waals surface area contributed by atoms with Crippen molar-refractivity contribution in [2.75, 3.05) is 13.3 Å². The highest BCUT2D eigenvalue weighted by Crippen LogP contribution is 2.38. The van der Waals surface area contributed by atoms with Crippen LogP contribution in [0.5, 0.6) is 11.5 Å². The predicted octanol–water partition coefficient (Wildman–Crippen LogP) is 2.45. The highest BCUT2D eigenvalue weighted by molar-refractivity contribution is 5.73. The van der Waals surface area contributed by atoms with Crippen LogP contribution in [0.25, 0.3) is 0 Å². The number of nitrogens with zero attached hydrogens (tertiary/aromatic N) is 1. The van der Waals surface area contributed by atoms with Crippen molar-refractivity contribution < 1.29 is 27.4 Å². The van der Waals surface area contributed by atoms with Crippen molar-refractivity contribution in [2.45, 2.75) is 44.6 Å². The lowest BCUT2D eigenvalue weighted by atomic mass is 9.96. The Balaban J connectivity index is 1.81. The van der Waals surface area contributed by atoms with Gasteiger partial charge in [0.1, 0.15) is 6.04 Å². The van der Waals surface area contributed by atoms with Crippen LogP contribution in [0.2, 0.25) is 0 Å².